The Kier molecular flexibility index (Phi) is 9.69. The predicted octanol–water partition coefficient (Wildman–Crippen LogP) is 4.59. The first kappa shape index (κ1) is 28.3. The van der Waals surface area contributed by atoms with Gasteiger partial charge in [-0.25, -0.2) is 9.97 Å². The van der Waals surface area contributed by atoms with E-state index < -0.39 is 6.10 Å². The highest BCUT2D eigenvalue weighted by molar-refractivity contribution is 7.59. The van der Waals surface area contributed by atoms with Crippen molar-refractivity contribution in [3.05, 3.63) is 95.6 Å². The Morgan fingerprint density at radius 3 is 2.90 bits per heavy atom. The van der Waals surface area contributed by atoms with Crippen LogP contribution in [0.2, 0.25) is 0 Å². The lowest BCUT2D eigenvalue weighted by atomic mass is 9.94. The van der Waals surface area contributed by atoms with Gasteiger partial charge in [-0.1, -0.05) is 6.07 Å². The fourth-order valence-electron chi connectivity index (χ4n) is 4.74. The molecule has 1 aromatic carbocycles. The van der Waals surface area contributed by atoms with Gasteiger partial charge in [0, 0.05) is 44.0 Å². The van der Waals surface area contributed by atoms with Gasteiger partial charge < -0.3 is 19.6 Å². The highest BCUT2D eigenvalue weighted by Crippen LogP contribution is 2.30. The van der Waals surface area contributed by atoms with Gasteiger partial charge in [0.25, 0.3) is 0 Å². The minimum absolute atomic E-state index is 0. The first-order valence-electron chi connectivity index (χ1n) is 12.7. The molecule has 1 aliphatic rings. The number of aliphatic hydroxyl groups excluding tert-OH is 1. The maximum absolute atomic E-state index is 12.8. The van der Waals surface area contributed by atoms with Gasteiger partial charge in [-0.15, -0.1) is 0 Å². The number of ether oxygens (including phenoxy) is 1. The smallest absolute Gasteiger partial charge is 0.181 e. The Hall–Kier alpha value is -3.73. The second-order valence-electron chi connectivity index (χ2n) is 9.48. The molecule has 0 amide bonds. The van der Waals surface area contributed by atoms with E-state index in [1.54, 1.807) is 36.9 Å². The molecular weight excluding hydrogens is 514 g/mol. The number of aromatic nitrogens is 3. The van der Waals surface area contributed by atoms with Gasteiger partial charge in [0.2, 0.25) is 0 Å². The van der Waals surface area contributed by atoms with Crippen molar-refractivity contribution in [2.45, 2.75) is 45.4 Å². The van der Waals surface area contributed by atoms with E-state index in [0.29, 0.717) is 36.7 Å². The number of hydrogen-bond acceptors (Lipinski definition) is 9. The van der Waals surface area contributed by atoms with Crippen molar-refractivity contribution in [3.63, 3.8) is 0 Å². The maximum atomic E-state index is 12.8. The number of nitrogens with one attached hydrogen (secondary N) is 1. The summed E-state index contributed by atoms with van der Waals surface area (Å²) in [5, 5.41) is 13.8. The summed E-state index contributed by atoms with van der Waals surface area (Å²) < 4.78 is 11.2. The van der Waals surface area contributed by atoms with Crippen LogP contribution in [0.25, 0.3) is 0 Å². The molecular formula is C29H33N5O4S. The van der Waals surface area contributed by atoms with Crippen LogP contribution in [0.3, 0.4) is 0 Å². The highest BCUT2D eigenvalue weighted by atomic mass is 32.1. The van der Waals surface area contributed by atoms with Crippen LogP contribution in [0, 0.1) is 6.92 Å². The van der Waals surface area contributed by atoms with E-state index in [1.165, 1.54) is 17.5 Å². The first-order chi connectivity index (χ1) is 18.5. The zero-order valence-corrected chi connectivity index (χ0v) is 22.8. The number of fused-ring (bicyclic) bond motifs is 1. The van der Waals surface area contributed by atoms with E-state index in [2.05, 4.69) is 38.2 Å². The normalized spacial score (nSPS) is 13.7. The van der Waals surface area contributed by atoms with Gasteiger partial charge in [0.05, 0.1) is 24.2 Å². The molecule has 0 spiro atoms. The number of pyridine rings is 2. The van der Waals surface area contributed by atoms with Gasteiger partial charge in [0.15, 0.2) is 17.9 Å². The van der Waals surface area contributed by atoms with Crippen LogP contribution in [0.15, 0.2) is 72.0 Å². The van der Waals surface area contributed by atoms with Crippen LogP contribution in [-0.4, -0.2) is 49.9 Å². The Labute approximate surface area is 234 Å². The predicted molar refractivity (Wildman–Crippen MR) is 153 cm³/mol. The number of oxazole rings is 1. The zero-order valence-electron chi connectivity index (χ0n) is 21.8. The molecule has 204 valence electrons. The Bertz CT molecular complexity index is 1370. The lowest BCUT2D eigenvalue weighted by molar-refractivity contribution is 0.0836. The summed E-state index contributed by atoms with van der Waals surface area (Å²) in [6.07, 6.45) is 9.03. The molecule has 0 fully saturated rings. The summed E-state index contributed by atoms with van der Waals surface area (Å²) in [7, 11) is 0. The topological polar surface area (TPSA) is 114 Å². The van der Waals surface area contributed by atoms with Crippen LogP contribution in [-0.2, 0) is 19.6 Å². The van der Waals surface area contributed by atoms with Gasteiger partial charge >= 0.3 is 0 Å². The molecule has 5 rings (SSSR count). The van der Waals surface area contributed by atoms with Crippen LogP contribution in [0.1, 0.15) is 45.7 Å². The van der Waals surface area contributed by atoms with Crippen molar-refractivity contribution in [1.29, 1.82) is 0 Å². The molecule has 10 heteroatoms. The van der Waals surface area contributed by atoms with E-state index in [0.717, 1.165) is 36.5 Å². The van der Waals surface area contributed by atoms with Crippen molar-refractivity contribution < 1.29 is 19.1 Å². The quantitative estimate of drug-likeness (QED) is 0.260. The molecule has 39 heavy (non-hydrogen) atoms. The lowest BCUT2D eigenvalue weighted by Gasteiger charge is -2.31. The number of hydrogen-bond donors (Lipinski definition) is 2. The number of carbonyl (C=O) groups excluding carboxylic acids is 1. The molecule has 0 saturated carbocycles. The Morgan fingerprint density at radius 2 is 2.10 bits per heavy atom. The van der Waals surface area contributed by atoms with Crippen LogP contribution in [0.4, 0.5) is 11.5 Å². The molecule has 1 aliphatic heterocycles. The standard InChI is InChI=1S/C29H31N5O4.H2S/c1-20-26-9-12-34(16-22(26)4-7-28(20)37-18-25-15-31-19-38-25)17-24(35)5-6-27(36)21-8-11-32-29(13-21)33-23-3-2-10-30-14-23;/h2-4,7-8,10-11,13-15,19,24,35H,5-6,9,12,16-18H2,1H3,(H,32,33);1H2/t24-;/m0./s1. The monoisotopic (exact) mass is 547 g/mol. The van der Waals surface area contributed by atoms with E-state index in [9.17, 15) is 9.90 Å². The molecule has 2 N–H and O–H groups in total. The number of anilines is 2. The number of benzene rings is 1. The SMILES string of the molecule is Cc1c(OCc2cnco2)ccc2c1CCN(C[C@@H](O)CCC(=O)c1ccnc(Nc3cccnc3)c1)C2.S. The summed E-state index contributed by atoms with van der Waals surface area (Å²) in [5.41, 5.74) is 5.06. The fraction of sp³-hybridized carbons (Fsp3) is 0.310. The molecule has 0 radical (unpaired) electrons. The number of Topliss-reactive ketones (excluding diaryl/α,β-unsaturated/α-hetero) is 1. The molecule has 4 heterocycles. The van der Waals surface area contributed by atoms with Crippen molar-refractivity contribution in [1.82, 2.24) is 19.9 Å². The minimum atomic E-state index is -0.582. The summed E-state index contributed by atoms with van der Waals surface area (Å²) in [6, 6.07) is 11.2. The van der Waals surface area contributed by atoms with Crippen LogP contribution < -0.4 is 10.1 Å². The summed E-state index contributed by atoms with van der Waals surface area (Å²) >= 11 is 0. The largest absolute Gasteiger partial charge is 0.485 e. The molecule has 0 aliphatic carbocycles. The van der Waals surface area contributed by atoms with E-state index >= 15 is 0 Å². The average molecular weight is 548 g/mol. The van der Waals surface area contributed by atoms with Gasteiger partial charge in [0.1, 0.15) is 18.2 Å². The average Bonchev–Trinajstić information content (AvgIpc) is 3.46. The lowest BCUT2D eigenvalue weighted by Crippen LogP contribution is -2.37. The van der Waals surface area contributed by atoms with Crippen molar-refractivity contribution in [3.8, 4) is 5.75 Å². The molecule has 0 bridgehead atoms. The number of β-amino-alcohol motifs (C(OH)–C–C–N with tert-alkyl or cyclic N) is 1. The molecule has 0 unspecified atom stereocenters. The Morgan fingerprint density at radius 1 is 1.21 bits per heavy atom. The molecule has 4 aromatic rings. The third kappa shape index (κ3) is 7.44. The second kappa shape index (κ2) is 13.4. The summed E-state index contributed by atoms with van der Waals surface area (Å²) in [5.74, 6) is 2.10. The van der Waals surface area contributed by atoms with E-state index in [-0.39, 0.29) is 25.7 Å². The fourth-order valence-corrected chi connectivity index (χ4v) is 4.74. The van der Waals surface area contributed by atoms with Crippen LogP contribution >= 0.6 is 13.5 Å². The maximum Gasteiger partial charge on any atom is 0.181 e. The van der Waals surface area contributed by atoms with Gasteiger partial charge in [-0.3, -0.25) is 14.7 Å². The van der Waals surface area contributed by atoms with E-state index in [1.807, 2.05) is 18.2 Å². The van der Waals surface area contributed by atoms with Gasteiger partial charge in [-0.05, 0) is 66.8 Å². The van der Waals surface area contributed by atoms with Crippen LogP contribution in [0.5, 0.6) is 5.75 Å². The highest BCUT2D eigenvalue weighted by Gasteiger charge is 2.22. The van der Waals surface area contributed by atoms with E-state index in [4.69, 9.17) is 9.15 Å². The molecule has 1 atom stereocenters. The van der Waals surface area contributed by atoms with Crippen molar-refractivity contribution >= 4 is 30.8 Å². The van der Waals surface area contributed by atoms with Crippen molar-refractivity contribution in [2.24, 2.45) is 0 Å². The number of rotatable bonds is 11. The third-order valence-electron chi connectivity index (χ3n) is 6.76. The van der Waals surface area contributed by atoms with Gasteiger partial charge in [-0.2, -0.15) is 13.5 Å². The first-order valence-corrected chi connectivity index (χ1v) is 12.7. The second-order valence-corrected chi connectivity index (χ2v) is 9.48. The minimum Gasteiger partial charge on any atom is -0.485 e. The number of aliphatic hydroxyl groups is 1. The Balaban J connectivity index is 0.00000353. The third-order valence-corrected chi connectivity index (χ3v) is 6.76. The number of nitrogens with zero attached hydrogens (tertiary/aromatic N) is 4. The summed E-state index contributed by atoms with van der Waals surface area (Å²) in [6.45, 7) is 4.56. The summed E-state index contributed by atoms with van der Waals surface area (Å²) in [4.78, 5) is 27.3. The zero-order chi connectivity index (χ0) is 26.3. The molecule has 3 aromatic heterocycles. The molecule has 0 saturated heterocycles. The number of ketones is 1. The molecule has 9 nitrogen and oxygen atoms in total. The number of carbonyl (C=O) groups is 1. The van der Waals surface area contributed by atoms with Crippen molar-refractivity contribution in [2.75, 3.05) is 18.4 Å².